The Morgan fingerprint density at radius 3 is 2.38 bits per heavy atom. The normalized spacial score (nSPS) is 25.2. The minimum Gasteiger partial charge on any atom is -0.510 e. The van der Waals surface area contributed by atoms with E-state index in [1.165, 1.54) is 12.0 Å². The van der Waals surface area contributed by atoms with Crippen LogP contribution in [0, 0.1) is 11.8 Å². The van der Waals surface area contributed by atoms with Crippen LogP contribution in [-0.2, 0) is 32.0 Å². The van der Waals surface area contributed by atoms with E-state index in [1.807, 2.05) is 0 Å². The molecule has 14 nitrogen and oxygen atoms in total. The van der Waals surface area contributed by atoms with Crippen LogP contribution in [0.25, 0.3) is 0 Å². The van der Waals surface area contributed by atoms with Crippen LogP contribution in [0.3, 0.4) is 0 Å². The Morgan fingerprint density at radius 2 is 1.81 bits per heavy atom. The number of ether oxygens (including phenoxy) is 2. The van der Waals surface area contributed by atoms with Crippen LogP contribution in [-0.4, -0.2) is 109 Å². The number of hydrogen-bond donors (Lipinski definition) is 6. The lowest BCUT2D eigenvalue weighted by Gasteiger charge is -2.50. The van der Waals surface area contributed by atoms with Crippen LogP contribution in [0.4, 0.5) is 10.5 Å². The number of nitrogens with one attached hydrogen (secondary N) is 1. The summed E-state index contributed by atoms with van der Waals surface area (Å²) in [6.45, 7) is 0.00294. The summed E-state index contributed by atoms with van der Waals surface area (Å²) >= 11 is 0. The van der Waals surface area contributed by atoms with Crippen molar-refractivity contribution in [2.45, 2.75) is 31.0 Å². The van der Waals surface area contributed by atoms with Gasteiger partial charge >= 0.3 is 6.09 Å². The summed E-state index contributed by atoms with van der Waals surface area (Å²) in [5.41, 5.74) is 2.60. The molecule has 0 heterocycles. The molecule has 3 aliphatic rings. The second-order valence-corrected chi connectivity index (χ2v) is 11.1. The molecule has 4 atom stereocenters. The molecule has 0 saturated carbocycles. The number of anilines is 1. The van der Waals surface area contributed by atoms with Crippen molar-refractivity contribution in [3.05, 3.63) is 45.4 Å². The van der Waals surface area contributed by atoms with Gasteiger partial charge in [0.2, 0.25) is 5.78 Å². The molecule has 0 saturated heterocycles. The quantitative estimate of drug-likeness (QED) is 0.176. The maximum Gasteiger partial charge on any atom is 0.407 e. The van der Waals surface area contributed by atoms with Crippen molar-refractivity contribution in [3.8, 4) is 5.75 Å². The predicted molar refractivity (Wildman–Crippen MR) is 148 cm³/mol. The first kappa shape index (κ1) is 30.8. The number of rotatable bonds is 8. The molecule has 2 amide bonds. The number of ketones is 2. The van der Waals surface area contributed by atoms with E-state index in [1.54, 1.807) is 39.2 Å². The van der Waals surface area contributed by atoms with Crippen molar-refractivity contribution in [2.75, 3.05) is 53.4 Å². The van der Waals surface area contributed by atoms with Gasteiger partial charge in [-0.2, -0.15) is 0 Å². The van der Waals surface area contributed by atoms with E-state index in [0.717, 1.165) is 0 Å². The predicted octanol–water partition coefficient (Wildman–Crippen LogP) is 0.0592. The summed E-state index contributed by atoms with van der Waals surface area (Å²) < 4.78 is 9.82. The highest BCUT2D eigenvalue weighted by Crippen LogP contribution is 2.53. The van der Waals surface area contributed by atoms with Crippen molar-refractivity contribution in [1.82, 2.24) is 10.2 Å². The van der Waals surface area contributed by atoms with E-state index in [2.05, 4.69) is 5.32 Å². The summed E-state index contributed by atoms with van der Waals surface area (Å²) in [7, 11) is 8.08. The fourth-order valence-electron chi connectivity index (χ4n) is 6.32. The number of benzene rings is 1. The largest absolute Gasteiger partial charge is 0.510 e. The van der Waals surface area contributed by atoms with Gasteiger partial charge in [-0.1, -0.05) is 0 Å². The summed E-state index contributed by atoms with van der Waals surface area (Å²) in [6.07, 6.45) is -0.644. The molecule has 7 N–H and O–H groups in total. The number of Topliss-reactive ketones (excluding diaryl/α,β-unsaturated/α-hetero) is 2. The van der Waals surface area contributed by atoms with E-state index in [9.17, 15) is 39.6 Å². The van der Waals surface area contributed by atoms with E-state index >= 15 is 0 Å². The number of phenols is 1. The van der Waals surface area contributed by atoms with Gasteiger partial charge in [0.05, 0.1) is 18.2 Å². The van der Waals surface area contributed by atoms with Crippen LogP contribution in [0.15, 0.2) is 28.7 Å². The molecular formula is C28H36N4O10. The fourth-order valence-corrected chi connectivity index (χ4v) is 6.32. The zero-order valence-corrected chi connectivity index (χ0v) is 24.1. The van der Waals surface area contributed by atoms with Crippen LogP contribution in [0.1, 0.15) is 27.9 Å². The molecule has 0 fully saturated rings. The zero-order valence-electron chi connectivity index (χ0n) is 24.1. The number of likely N-dealkylation sites (N-methyl/N-ethyl adjacent to an activating group) is 1. The van der Waals surface area contributed by atoms with Crippen LogP contribution >= 0.6 is 0 Å². The van der Waals surface area contributed by atoms with Gasteiger partial charge in [-0.3, -0.25) is 19.3 Å². The third-order valence-corrected chi connectivity index (χ3v) is 8.20. The number of hydrogen-bond acceptors (Lipinski definition) is 12. The molecule has 228 valence electrons. The van der Waals surface area contributed by atoms with Gasteiger partial charge in [0.15, 0.2) is 11.4 Å². The minimum absolute atomic E-state index is 0.0104. The van der Waals surface area contributed by atoms with E-state index < -0.39 is 69.9 Å². The Balaban J connectivity index is 1.83. The number of alkyl carbamates (subject to hydrolysis) is 1. The SMILES string of the molecule is COCCOC(=O)NCc1cc(N(C)C)c2c(c1O)C(=O)C1=C(O)C3(O)C(=O)C(C(N)=O)=C(O)[C@@H](N(C)C)[C@@H]3C[C@@H]1C2. The average Bonchev–Trinajstić information content (AvgIpc) is 2.89. The lowest BCUT2D eigenvalue weighted by atomic mass is 9.58. The van der Waals surface area contributed by atoms with E-state index in [4.69, 9.17) is 15.2 Å². The number of primary amides is 1. The first-order chi connectivity index (χ1) is 19.7. The van der Waals surface area contributed by atoms with Gasteiger partial charge < -0.3 is 45.9 Å². The second kappa shape index (κ2) is 11.3. The van der Waals surface area contributed by atoms with Crippen molar-refractivity contribution in [1.29, 1.82) is 0 Å². The highest BCUT2D eigenvalue weighted by molar-refractivity contribution is 6.25. The number of methoxy groups -OCH3 is 1. The number of aliphatic hydroxyl groups is 3. The Hall–Kier alpha value is -4.14. The van der Waals surface area contributed by atoms with Crippen molar-refractivity contribution >= 4 is 29.3 Å². The summed E-state index contributed by atoms with van der Waals surface area (Å²) in [5, 5.41) is 47.8. The zero-order chi connectivity index (χ0) is 31.3. The Labute approximate surface area is 242 Å². The Morgan fingerprint density at radius 1 is 1.14 bits per heavy atom. The molecule has 42 heavy (non-hydrogen) atoms. The van der Waals surface area contributed by atoms with Crippen LogP contribution in [0.5, 0.6) is 5.75 Å². The van der Waals surface area contributed by atoms with Gasteiger partial charge in [-0.15, -0.1) is 0 Å². The number of fused-ring (bicyclic) bond motifs is 3. The third kappa shape index (κ3) is 4.74. The Bertz CT molecular complexity index is 1420. The molecule has 0 aromatic heterocycles. The molecule has 3 aliphatic carbocycles. The topological polar surface area (TPSA) is 212 Å². The van der Waals surface area contributed by atoms with Gasteiger partial charge in [0, 0.05) is 50.5 Å². The van der Waals surface area contributed by atoms with E-state index in [0.29, 0.717) is 11.3 Å². The lowest BCUT2D eigenvalue weighted by Crippen LogP contribution is -2.63. The second-order valence-electron chi connectivity index (χ2n) is 11.1. The first-order valence-electron chi connectivity index (χ1n) is 13.3. The van der Waals surface area contributed by atoms with Crippen molar-refractivity contribution in [3.63, 3.8) is 0 Å². The first-order valence-corrected chi connectivity index (χ1v) is 13.3. The lowest BCUT2D eigenvalue weighted by molar-refractivity contribution is -0.148. The highest BCUT2D eigenvalue weighted by Gasteiger charge is 2.63. The molecular weight excluding hydrogens is 552 g/mol. The Kier molecular flexibility index (Phi) is 8.27. The third-order valence-electron chi connectivity index (χ3n) is 8.20. The molecule has 14 heteroatoms. The number of nitrogens with zero attached hydrogens (tertiary/aromatic N) is 2. The summed E-state index contributed by atoms with van der Waals surface area (Å²) in [4.78, 5) is 54.9. The van der Waals surface area contributed by atoms with Crippen LogP contribution < -0.4 is 16.0 Å². The van der Waals surface area contributed by atoms with Crippen LogP contribution in [0.2, 0.25) is 0 Å². The van der Waals surface area contributed by atoms with Gasteiger partial charge in [-0.05, 0) is 44.5 Å². The monoisotopic (exact) mass is 588 g/mol. The number of allylic oxidation sites excluding steroid dienone is 1. The maximum atomic E-state index is 14.0. The summed E-state index contributed by atoms with van der Waals surface area (Å²) in [5.74, 6) is -7.24. The smallest absolute Gasteiger partial charge is 0.407 e. The minimum atomic E-state index is -2.73. The number of aromatic hydroxyl groups is 1. The molecule has 0 spiro atoms. The summed E-state index contributed by atoms with van der Waals surface area (Å²) in [6, 6.07) is 0.555. The average molecular weight is 589 g/mol. The number of phenolic OH excluding ortho intramolecular Hbond substituents is 1. The van der Waals surface area contributed by atoms with Crippen molar-refractivity contribution in [2.24, 2.45) is 17.6 Å². The number of aliphatic hydroxyl groups excluding tert-OH is 2. The highest BCUT2D eigenvalue weighted by atomic mass is 16.6. The van der Waals surface area contributed by atoms with E-state index in [-0.39, 0.29) is 49.3 Å². The molecule has 4 rings (SSSR count). The molecule has 1 aromatic carbocycles. The molecule has 0 radical (unpaired) electrons. The molecule has 1 aromatic rings. The van der Waals surface area contributed by atoms with Crippen molar-refractivity contribution < 1.29 is 49.1 Å². The molecule has 0 aliphatic heterocycles. The number of nitrogens with two attached hydrogens (primary N) is 1. The van der Waals surface area contributed by atoms with Gasteiger partial charge in [-0.25, -0.2) is 4.79 Å². The number of amides is 2. The molecule has 0 bridgehead atoms. The maximum absolute atomic E-state index is 14.0. The number of carbonyl (C=O) groups excluding carboxylic acids is 4. The number of carbonyl (C=O) groups is 4. The molecule has 1 unspecified atom stereocenters. The standard InChI is InChI=1S/C28H36N4O10/c1-31(2)16-10-13(11-30-27(39)42-7-6-41-5)21(33)18-14(16)8-12-9-15-20(32(3)4)23(35)19(26(29)38)25(37)28(15,40)24(36)17(12)22(18)34/h10,12,15,20,33,35-36,40H,6-9,11H2,1-5H3,(H2,29,38)(H,30,39)/t12-,15-,20-,28?/m0/s1. The van der Waals surface area contributed by atoms with Gasteiger partial charge in [0.25, 0.3) is 5.91 Å². The van der Waals surface area contributed by atoms with Gasteiger partial charge in [0.1, 0.15) is 29.4 Å². The fraction of sp³-hybridized carbons (Fsp3) is 0.500.